The van der Waals surface area contributed by atoms with Crippen LogP contribution in [0.4, 0.5) is 0 Å². The van der Waals surface area contributed by atoms with Crippen LogP contribution in [0, 0.1) is 0 Å². The highest BCUT2D eigenvalue weighted by Gasteiger charge is 2.53. The average molecular weight is 309 g/mol. The molecular formula is C11H19NO9. The molecule has 1 aliphatic heterocycles. The summed E-state index contributed by atoms with van der Waals surface area (Å²) < 4.78 is 4.86. The number of rotatable bonds is 5. The molecule has 10 heteroatoms. The standard InChI is InChI=1S/C11H19NO9/c1-4(14)12-7-5(15)2-11(20,10(18)19)21-9(7)8(17)6(16)3-13/h5-9,13,15-17,20H,2-3H2,1H3,(H,12,14)(H,18,19)/t5-,6-,7-,8-,9?,11+/m1/s1. The first-order valence-electron chi connectivity index (χ1n) is 6.18. The third-order valence-corrected chi connectivity index (χ3v) is 3.21. The van der Waals surface area contributed by atoms with Crippen LogP contribution < -0.4 is 5.32 Å². The van der Waals surface area contributed by atoms with Gasteiger partial charge in [-0.05, 0) is 0 Å². The van der Waals surface area contributed by atoms with Crippen LogP contribution in [0.1, 0.15) is 13.3 Å². The Morgan fingerprint density at radius 2 is 2.00 bits per heavy atom. The van der Waals surface area contributed by atoms with Crippen LogP contribution >= 0.6 is 0 Å². The molecule has 0 radical (unpaired) electrons. The number of aliphatic carboxylic acids is 1. The summed E-state index contributed by atoms with van der Waals surface area (Å²) in [4.78, 5) is 22.1. The number of hydrogen-bond donors (Lipinski definition) is 7. The van der Waals surface area contributed by atoms with Crippen LogP contribution in [0.15, 0.2) is 0 Å². The molecule has 1 unspecified atom stereocenters. The van der Waals surface area contributed by atoms with Crippen LogP contribution in [0.25, 0.3) is 0 Å². The van der Waals surface area contributed by atoms with E-state index in [9.17, 15) is 30.0 Å². The summed E-state index contributed by atoms with van der Waals surface area (Å²) in [5, 5.41) is 59.0. The molecule has 122 valence electrons. The van der Waals surface area contributed by atoms with Gasteiger partial charge in [-0.3, -0.25) is 4.79 Å². The van der Waals surface area contributed by atoms with E-state index in [1.165, 1.54) is 0 Å². The number of nitrogens with one attached hydrogen (secondary N) is 1. The highest BCUT2D eigenvalue weighted by Crippen LogP contribution is 2.30. The Hall–Kier alpha value is -1.30. The van der Waals surface area contributed by atoms with Gasteiger partial charge in [0.05, 0.1) is 18.8 Å². The number of amides is 1. The van der Waals surface area contributed by atoms with E-state index in [4.69, 9.17) is 14.9 Å². The molecule has 1 rings (SSSR count). The summed E-state index contributed by atoms with van der Waals surface area (Å²) in [6.07, 6.45) is -7.48. The number of ether oxygens (including phenoxy) is 1. The number of carbonyl (C=O) groups is 2. The summed E-state index contributed by atoms with van der Waals surface area (Å²) in [6.45, 7) is 0.256. The summed E-state index contributed by atoms with van der Waals surface area (Å²) >= 11 is 0. The minimum absolute atomic E-state index is 0.598. The maximum absolute atomic E-state index is 11.1. The molecule has 0 aliphatic carbocycles. The Bertz CT molecular complexity index is 403. The highest BCUT2D eigenvalue weighted by molar-refractivity contribution is 5.76. The van der Waals surface area contributed by atoms with Crippen molar-refractivity contribution in [3.63, 3.8) is 0 Å². The van der Waals surface area contributed by atoms with E-state index >= 15 is 0 Å². The van der Waals surface area contributed by atoms with Crippen molar-refractivity contribution in [2.75, 3.05) is 6.61 Å². The molecule has 0 aromatic heterocycles. The summed E-state index contributed by atoms with van der Waals surface area (Å²) in [5.74, 6) is -5.17. The Morgan fingerprint density at radius 1 is 1.43 bits per heavy atom. The van der Waals surface area contributed by atoms with Gasteiger partial charge < -0.3 is 40.7 Å². The van der Waals surface area contributed by atoms with Crippen molar-refractivity contribution in [3.8, 4) is 0 Å². The molecule has 1 amide bonds. The molecule has 10 nitrogen and oxygen atoms in total. The second-order valence-electron chi connectivity index (χ2n) is 4.91. The van der Waals surface area contributed by atoms with Crippen LogP contribution in [0.3, 0.4) is 0 Å². The van der Waals surface area contributed by atoms with Gasteiger partial charge in [0.2, 0.25) is 5.91 Å². The second-order valence-corrected chi connectivity index (χ2v) is 4.91. The first kappa shape index (κ1) is 17.8. The van der Waals surface area contributed by atoms with Gasteiger partial charge in [-0.1, -0.05) is 0 Å². The fourth-order valence-corrected chi connectivity index (χ4v) is 2.14. The van der Waals surface area contributed by atoms with Crippen molar-refractivity contribution in [1.29, 1.82) is 0 Å². The zero-order valence-electron chi connectivity index (χ0n) is 11.2. The zero-order valence-corrected chi connectivity index (χ0v) is 11.2. The summed E-state index contributed by atoms with van der Waals surface area (Å²) in [5.41, 5.74) is 0. The second kappa shape index (κ2) is 6.64. The number of carbonyl (C=O) groups excluding carboxylic acids is 1. The summed E-state index contributed by atoms with van der Waals surface area (Å²) in [6, 6.07) is -1.27. The Kier molecular flexibility index (Phi) is 5.61. The minimum atomic E-state index is -2.78. The highest BCUT2D eigenvalue weighted by atomic mass is 16.7. The number of carboxylic acid groups (broad SMARTS) is 1. The van der Waals surface area contributed by atoms with Gasteiger partial charge in [-0.25, -0.2) is 4.79 Å². The van der Waals surface area contributed by atoms with Gasteiger partial charge in [0.25, 0.3) is 5.79 Å². The van der Waals surface area contributed by atoms with E-state index in [-0.39, 0.29) is 0 Å². The van der Waals surface area contributed by atoms with Crippen molar-refractivity contribution in [2.45, 2.75) is 49.6 Å². The first-order chi connectivity index (χ1) is 9.62. The molecule has 0 saturated carbocycles. The predicted octanol–water partition coefficient (Wildman–Crippen LogP) is -3.87. The molecule has 0 aromatic carbocycles. The van der Waals surface area contributed by atoms with E-state index in [1.54, 1.807) is 0 Å². The molecule has 21 heavy (non-hydrogen) atoms. The number of hydrogen-bond acceptors (Lipinski definition) is 8. The maximum atomic E-state index is 11.1. The fraction of sp³-hybridized carbons (Fsp3) is 0.818. The maximum Gasteiger partial charge on any atom is 0.364 e. The molecule has 6 atom stereocenters. The van der Waals surface area contributed by atoms with Crippen LogP contribution in [-0.2, 0) is 14.3 Å². The molecule has 0 spiro atoms. The molecule has 0 bridgehead atoms. The predicted molar refractivity (Wildman–Crippen MR) is 64.8 cm³/mol. The molecule has 0 aromatic rings. The molecule has 1 aliphatic rings. The first-order valence-corrected chi connectivity index (χ1v) is 6.18. The molecule has 1 heterocycles. The topological polar surface area (TPSA) is 177 Å². The molecule has 1 saturated heterocycles. The lowest BCUT2D eigenvalue weighted by Crippen LogP contribution is -2.67. The van der Waals surface area contributed by atoms with Gasteiger partial charge in [0.1, 0.15) is 18.3 Å². The zero-order chi connectivity index (χ0) is 16.4. The molecule has 7 N–H and O–H groups in total. The van der Waals surface area contributed by atoms with Crippen LogP contribution in [0.2, 0.25) is 0 Å². The lowest BCUT2D eigenvalue weighted by atomic mass is 9.88. The normalized spacial score (nSPS) is 35.8. The van der Waals surface area contributed by atoms with E-state index in [0.29, 0.717) is 0 Å². The molecular weight excluding hydrogens is 290 g/mol. The van der Waals surface area contributed by atoms with E-state index in [1.807, 2.05) is 0 Å². The fourth-order valence-electron chi connectivity index (χ4n) is 2.14. The number of aliphatic hydroxyl groups is 5. The van der Waals surface area contributed by atoms with Crippen LogP contribution in [0.5, 0.6) is 0 Å². The lowest BCUT2D eigenvalue weighted by molar-refractivity contribution is -0.295. The Morgan fingerprint density at radius 3 is 2.43 bits per heavy atom. The monoisotopic (exact) mass is 309 g/mol. The SMILES string of the molecule is CC(=O)N[C@H]1C([C@H](O)[C@H](O)CO)O[C@](O)(C(=O)O)C[C@H]1O. The molecule has 1 fully saturated rings. The third kappa shape index (κ3) is 3.87. The largest absolute Gasteiger partial charge is 0.477 e. The van der Waals surface area contributed by atoms with Crippen molar-refractivity contribution in [2.24, 2.45) is 0 Å². The van der Waals surface area contributed by atoms with E-state index in [0.717, 1.165) is 6.92 Å². The van der Waals surface area contributed by atoms with Gasteiger partial charge >= 0.3 is 5.97 Å². The number of carboxylic acids is 1. The van der Waals surface area contributed by atoms with Gasteiger partial charge in [-0.2, -0.15) is 0 Å². The van der Waals surface area contributed by atoms with Crippen molar-refractivity contribution < 1.29 is 45.0 Å². The smallest absolute Gasteiger partial charge is 0.364 e. The van der Waals surface area contributed by atoms with Gasteiger partial charge in [0, 0.05) is 13.3 Å². The van der Waals surface area contributed by atoms with Crippen molar-refractivity contribution >= 4 is 11.9 Å². The van der Waals surface area contributed by atoms with E-state index in [2.05, 4.69) is 5.32 Å². The number of aliphatic hydroxyl groups excluding tert-OH is 4. The Labute approximate surface area is 119 Å². The quantitative estimate of drug-likeness (QED) is 0.268. The average Bonchev–Trinajstić information content (AvgIpc) is 2.39. The van der Waals surface area contributed by atoms with Gasteiger partial charge in [-0.15, -0.1) is 0 Å². The van der Waals surface area contributed by atoms with Gasteiger partial charge in [0.15, 0.2) is 0 Å². The van der Waals surface area contributed by atoms with Crippen LogP contribution in [-0.4, -0.2) is 85.4 Å². The Balaban J connectivity index is 3.07. The summed E-state index contributed by atoms with van der Waals surface area (Å²) in [7, 11) is 0. The minimum Gasteiger partial charge on any atom is -0.477 e. The van der Waals surface area contributed by atoms with E-state index < -0.39 is 61.1 Å². The third-order valence-electron chi connectivity index (χ3n) is 3.21. The lowest BCUT2D eigenvalue weighted by Gasteiger charge is -2.44. The van der Waals surface area contributed by atoms with Crippen molar-refractivity contribution in [1.82, 2.24) is 5.32 Å². The van der Waals surface area contributed by atoms with Crippen molar-refractivity contribution in [3.05, 3.63) is 0 Å².